The molecule has 1 N–H and O–H groups in total. The summed E-state index contributed by atoms with van der Waals surface area (Å²) in [6, 6.07) is 6.75. The summed E-state index contributed by atoms with van der Waals surface area (Å²) in [5, 5.41) is 6.99. The summed E-state index contributed by atoms with van der Waals surface area (Å²) in [4.78, 5) is 1.89. The van der Waals surface area contributed by atoms with Gasteiger partial charge < -0.3 is 4.90 Å². The van der Waals surface area contributed by atoms with E-state index in [2.05, 4.69) is 17.1 Å². The van der Waals surface area contributed by atoms with Crippen molar-refractivity contribution in [3.8, 4) is 0 Å². The highest BCUT2D eigenvalue weighted by Crippen LogP contribution is 2.15. The van der Waals surface area contributed by atoms with Gasteiger partial charge >= 0.3 is 0 Å². The molecule has 0 atom stereocenters. The van der Waals surface area contributed by atoms with Crippen LogP contribution in [0.2, 0.25) is 0 Å². The Morgan fingerprint density at radius 3 is 2.84 bits per heavy atom. The first-order chi connectivity index (χ1) is 9.13. The van der Waals surface area contributed by atoms with Gasteiger partial charge in [0, 0.05) is 25.7 Å². The molecule has 0 amide bonds. The van der Waals surface area contributed by atoms with E-state index < -0.39 is 0 Å². The molecule has 0 aliphatic rings. The maximum Gasteiger partial charge on any atom is 0.225 e. The van der Waals surface area contributed by atoms with Crippen LogP contribution in [-0.4, -0.2) is 21.8 Å². The van der Waals surface area contributed by atoms with Crippen LogP contribution in [0.1, 0.15) is 18.9 Å². The first kappa shape index (κ1) is 13.7. The molecule has 0 saturated heterocycles. The molecule has 0 bridgehead atoms. The van der Waals surface area contributed by atoms with Crippen molar-refractivity contribution in [1.29, 1.82) is 0 Å². The molecule has 1 aromatic heterocycles. The van der Waals surface area contributed by atoms with Crippen molar-refractivity contribution in [3.05, 3.63) is 40.4 Å². The van der Waals surface area contributed by atoms with E-state index in [4.69, 9.17) is 12.2 Å². The summed E-state index contributed by atoms with van der Waals surface area (Å²) in [7, 11) is 1.88. The van der Waals surface area contributed by atoms with E-state index in [-0.39, 0.29) is 5.82 Å². The number of nitrogens with one attached hydrogen (secondary N) is 1. The Hall–Kier alpha value is -1.69. The van der Waals surface area contributed by atoms with Crippen molar-refractivity contribution < 1.29 is 4.39 Å². The molecule has 0 aliphatic carbocycles. The third kappa shape index (κ3) is 3.01. The van der Waals surface area contributed by atoms with Gasteiger partial charge in [0.05, 0.1) is 0 Å². The van der Waals surface area contributed by atoms with Gasteiger partial charge in [-0.1, -0.05) is 25.1 Å². The molecule has 0 radical (unpaired) electrons. The number of aromatic amines is 1. The van der Waals surface area contributed by atoms with Gasteiger partial charge in [-0.15, -0.1) is 5.10 Å². The largest absolute Gasteiger partial charge is 0.340 e. The summed E-state index contributed by atoms with van der Waals surface area (Å²) in [5.41, 5.74) is 0.641. The minimum atomic E-state index is -0.203. The number of hydrogen-bond donors (Lipinski definition) is 1. The van der Waals surface area contributed by atoms with E-state index in [1.165, 1.54) is 6.07 Å². The summed E-state index contributed by atoms with van der Waals surface area (Å²) < 4.78 is 16.2. The van der Waals surface area contributed by atoms with Crippen molar-refractivity contribution in [3.63, 3.8) is 0 Å². The van der Waals surface area contributed by atoms with Crippen LogP contribution in [0, 0.1) is 10.6 Å². The molecular formula is C13H17FN4S. The standard InChI is InChI=1S/C13H17FN4S/c1-3-8-18-12(15-16-13(18)19)17(2)9-10-6-4-5-7-11(10)14/h4-7H,3,8-9H2,1-2H3,(H,16,19). The van der Waals surface area contributed by atoms with Crippen molar-refractivity contribution in [2.24, 2.45) is 0 Å². The molecule has 0 fully saturated rings. The Morgan fingerprint density at radius 1 is 1.42 bits per heavy atom. The quantitative estimate of drug-likeness (QED) is 0.855. The number of nitrogens with zero attached hydrogens (tertiary/aromatic N) is 3. The Labute approximate surface area is 116 Å². The van der Waals surface area contributed by atoms with Gasteiger partial charge in [-0.25, -0.2) is 9.49 Å². The SMILES string of the molecule is CCCn1c(N(C)Cc2ccccc2F)n[nH]c1=S. The monoisotopic (exact) mass is 280 g/mol. The highest BCUT2D eigenvalue weighted by molar-refractivity contribution is 7.71. The third-order valence-electron chi connectivity index (χ3n) is 2.89. The fraction of sp³-hybridized carbons (Fsp3) is 0.385. The molecule has 19 heavy (non-hydrogen) atoms. The maximum atomic E-state index is 13.6. The smallest absolute Gasteiger partial charge is 0.225 e. The lowest BCUT2D eigenvalue weighted by molar-refractivity contribution is 0.602. The van der Waals surface area contributed by atoms with Gasteiger partial charge in [0.1, 0.15) is 5.82 Å². The van der Waals surface area contributed by atoms with Gasteiger partial charge in [-0.3, -0.25) is 4.57 Å². The first-order valence-electron chi connectivity index (χ1n) is 6.23. The number of anilines is 1. The molecule has 1 heterocycles. The van der Waals surface area contributed by atoms with E-state index in [0.29, 0.717) is 16.9 Å². The normalized spacial score (nSPS) is 10.7. The topological polar surface area (TPSA) is 36.9 Å². The van der Waals surface area contributed by atoms with Gasteiger partial charge in [0.15, 0.2) is 4.77 Å². The third-order valence-corrected chi connectivity index (χ3v) is 3.20. The second-order valence-electron chi connectivity index (χ2n) is 4.43. The zero-order valence-electron chi connectivity index (χ0n) is 11.1. The summed E-state index contributed by atoms with van der Waals surface area (Å²) in [5.74, 6) is 0.528. The van der Waals surface area contributed by atoms with Gasteiger partial charge in [-0.2, -0.15) is 0 Å². The van der Waals surface area contributed by atoms with E-state index in [9.17, 15) is 4.39 Å². The van der Waals surface area contributed by atoms with Crippen LogP contribution in [0.4, 0.5) is 10.3 Å². The lowest BCUT2D eigenvalue weighted by atomic mass is 10.2. The van der Waals surface area contributed by atoms with Crippen molar-refractivity contribution in [2.45, 2.75) is 26.4 Å². The lowest BCUT2D eigenvalue weighted by Gasteiger charge is -2.19. The average Bonchev–Trinajstić information content (AvgIpc) is 2.75. The van der Waals surface area contributed by atoms with E-state index in [0.717, 1.165) is 18.9 Å². The van der Waals surface area contributed by atoms with Crippen LogP contribution in [0.5, 0.6) is 0 Å². The van der Waals surface area contributed by atoms with Gasteiger partial charge in [0.2, 0.25) is 5.95 Å². The van der Waals surface area contributed by atoms with Crippen LogP contribution in [0.25, 0.3) is 0 Å². The second-order valence-corrected chi connectivity index (χ2v) is 4.81. The molecule has 0 spiro atoms. The second kappa shape index (κ2) is 5.97. The lowest BCUT2D eigenvalue weighted by Crippen LogP contribution is -2.21. The van der Waals surface area contributed by atoms with Crippen molar-refractivity contribution in [1.82, 2.24) is 14.8 Å². The van der Waals surface area contributed by atoms with Crippen molar-refractivity contribution >= 4 is 18.2 Å². The van der Waals surface area contributed by atoms with E-state index >= 15 is 0 Å². The first-order valence-corrected chi connectivity index (χ1v) is 6.64. The minimum Gasteiger partial charge on any atom is -0.340 e. The number of hydrogen-bond acceptors (Lipinski definition) is 3. The van der Waals surface area contributed by atoms with E-state index in [1.807, 2.05) is 22.6 Å². The molecular weight excluding hydrogens is 263 g/mol. The van der Waals surface area contributed by atoms with E-state index in [1.54, 1.807) is 12.1 Å². The molecule has 1 aromatic carbocycles. The number of aromatic nitrogens is 3. The van der Waals surface area contributed by atoms with Crippen LogP contribution >= 0.6 is 12.2 Å². The molecule has 102 valence electrons. The van der Waals surface area contributed by atoms with Crippen LogP contribution in [-0.2, 0) is 13.1 Å². The fourth-order valence-corrected chi connectivity index (χ4v) is 2.20. The van der Waals surface area contributed by atoms with Crippen molar-refractivity contribution in [2.75, 3.05) is 11.9 Å². The molecule has 4 nitrogen and oxygen atoms in total. The Balaban J connectivity index is 2.23. The molecule has 2 rings (SSSR count). The maximum absolute atomic E-state index is 13.6. The molecule has 6 heteroatoms. The number of benzene rings is 1. The number of halogens is 1. The molecule has 0 saturated carbocycles. The molecule has 2 aromatic rings. The molecule has 0 aliphatic heterocycles. The Kier molecular flexibility index (Phi) is 4.31. The van der Waals surface area contributed by atoms with Crippen LogP contribution < -0.4 is 4.90 Å². The number of rotatable bonds is 5. The fourth-order valence-electron chi connectivity index (χ4n) is 1.98. The molecule has 0 unspecified atom stereocenters. The number of H-pyrrole nitrogens is 1. The zero-order valence-corrected chi connectivity index (χ0v) is 11.9. The highest BCUT2D eigenvalue weighted by Gasteiger charge is 2.12. The summed E-state index contributed by atoms with van der Waals surface area (Å²) in [6.07, 6.45) is 0.967. The highest BCUT2D eigenvalue weighted by atomic mass is 32.1. The predicted molar refractivity (Wildman–Crippen MR) is 76.2 cm³/mol. The Morgan fingerprint density at radius 2 is 2.16 bits per heavy atom. The summed E-state index contributed by atoms with van der Waals surface area (Å²) >= 11 is 5.19. The zero-order chi connectivity index (χ0) is 13.8. The van der Waals surface area contributed by atoms with Gasteiger partial charge in [-0.05, 0) is 24.7 Å². The van der Waals surface area contributed by atoms with Crippen LogP contribution in [0.15, 0.2) is 24.3 Å². The van der Waals surface area contributed by atoms with Crippen LogP contribution in [0.3, 0.4) is 0 Å². The predicted octanol–water partition coefficient (Wildman–Crippen LogP) is 3.13. The summed E-state index contributed by atoms with van der Waals surface area (Å²) in [6.45, 7) is 3.33. The minimum absolute atomic E-state index is 0.203. The Bertz CT molecular complexity index is 605. The van der Waals surface area contributed by atoms with Gasteiger partial charge in [0.25, 0.3) is 0 Å². The average molecular weight is 280 g/mol.